The van der Waals surface area contributed by atoms with Crippen LogP contribution in [0.2, 0.25) is 0 Å². The largest absolute Gasteiger partial charge is 0.494 e. The van der Waals surface area contributed by atoms with Gasteiger partial charge >= 0.3 is 0 Å². The van der Waals surface area contributed by atoms with E-state index in [2.05, 4.69) is 48.1 Å². The van der Waals surface area contributed by atoms with Crippen molar-refractivity contribution >= 4 is 39.7 Å². The number of carbonyl (C=O) groups is 1. The summed E-state index contributed by atoms with van der Waals surface area (Å²) in [6.45, 7) is 7.12. The number of methoxy groups -OCH3 is 2. The highest BCUT2D eigenvalue weighted by Crippen LogP contribution is 2.39. The van der Waals surface area contributed by atoms with Crippen molar-refractivity contribution in [1.82, 2.24) is 24.6 Å². The maximum atomic E-state index is 12.4. The lowest BCUT2D eigenvalue weighted by atomic mass is 10.1. The van der Waals surface area contributed by atoms with Crippen LogP contribution in [0, 0.1) is 0 Å². The van der Waals surface area contributed by atoms with Crippen molar-refractivity contribution in [1.29, 1.82) is 0 Å². The van der Waals surface area contributed by atoms with Gasteiger partial charge in [0.1, 0.15) is 17.9 Å². The molecule has 0 spiro atoms. The van der Waals surface area contributed by atoms with Crippen LogP contribution in [-0.4, -0.2) is 84.1 Å². The summed E-state index contributed by atoms with van der Waals surface area (Å²) >= 11 is 0. The van der Waals surface area contributed by atoms with Crippen LogP contribution in [0.5, 0.6) is 5.75 Å². The Hall–Kier alpha value is -4.48. The van der Waals surface area contributed by atoms with E-state index in [1.807, 2.05) is 55.3 Å². The van der Waals surface area contributed by atoms with E-state index in [0.717, 1.165) is 53.9 Å². The highest BCUT2D eigenvalue weighted by molar-refractivity contribution is 6.02. The van der Waals surface area contributed by atoms with Crippen LogP contribution in [0.25, 0.3) is 22.2 Å². The lowest BCUT2D eigenvalue weighted by Crippen LogP contribution is -2.36. The number of hydrogen-bond acceptors (Lipinski definition) is 9. The fourth-order valence-electron chi connectivity index (χ4n) is 5.20. The Kier molecular flexibility index (Phi) is 8.46. The van der Waals surface area contributed by atoms with Gasteiger partial charge in [0.05, 0.1) is 48.2 Å². The molecule has 1 aliphatic rings. The van der Waals surface area contributed by atoms with Crippen molar-refractivity contribution in [2.24, 2.45) is 7.05 Å². The molecule has 0 aliphatic carbocycles. The molecule has 1 atom stereocenters. The normalized spacial score (nSPS) is 15.2. The topological polar surface area (TPSA) is 110 Å². The van der Waals surface area contributed by atoms with Gasteiger partial charge < -0.3 is 25.0 Å². The third kappa shape index (κ3) is 6.16. The molecule has 214 valence electrons. The molecule has 1 saturated heterocycles. The smallest absolute Gasteiger partial charge is 0.247 e. The van der Waals surface area contributed by atoms with Gasteiger partial charge in [0.25, 0.3) is 0 Å². The molecule has 11 heteroatoms. The minimum Gasteiger partial charge on any atom is -0.494 e. The highest BCUT2D eigenvalue weighted by Gasteiger charge is 2.28. The average Bonchev–Trinajstić information content (AvgIpc) is 3.62. The summed E-state index contributed by atoms with van der Waals surface area (Å²) in [5.74, 6) is 0.917. The number of nitrogens with one attached hydrogen (secondary N) is 2. The molecule has 41 heavy (non-hydrogen) atoms. The summed E-state index contributed by atoms with van der Waals surface area (Å²) in [7, 11) is 7.32. The number of likely N-dealkylation sites (N-methyl/N-ethyl adjacent to an activating group) is 1. The standard InChI is InChI=1S/C30H36N8O3/c1-6-30(39)35-24-14-25(28(41-5)16-27(24)36(2)22-9-10-38(18-22)11-12-40-4)34-29-15-23(31-19-32-29)20-7-8-26-21(13-20)17-33-37(26)3/h6-8,13-17,19,22H,1,9-12,18H2,2-5H3,(H,35,39)(H,31,32,34). The maximum Gasteiger partial charge on any atom is 0.247 e. The zero-order valence-electron chi connectivity index (χ0n) is 23.9. The number of fused-ring (bicyclic) bond motifs is 1. The van der Waals surface area contributed by atoms with Crippen LogP contribution in [0.3, 0.4) is 0 Å². The van der Waals surface area contributed by atoms with Crippen molar-refractivity contribution in [3.63, 3.8) is 0 Å². The number of amides is 1. The number of likely N-dealkylation sites (tertiary alicyclic amines) is 1. The summed E-state index contributed by atoms with van der Waals surface area (Å²) < 4.78 is 12.9. The molecule has 0 saturated carbocycles. The first-order valence-electron chi connectivity index (χ1n) is 13.5. The number of rotatable bonds is 11. The maximum absolute atomic E-state index is 12.4. The molecule has 1 unspecified atom stereocenters. The number of carbonyl (C=O) groups excluding carboxylic acids is 1. The molecule has 3 heterocycles. The van der Waals surface area contributed by atoms with E-state index < -0.39 is 0 Å². The Morgan fingerprint density at radius 2 is 2.05 bits per heavy atom. The van der Waals surface area contributed by atoms with Gasteiger partial charge in [0.2, 0.25) is 5.91 Å². The van der Waals surface area contributed by atoms with Gasteiger partial charge in [-0.25, -0.2) is 9.97 Å². The molecule has 0 bridgehead atoms. The molecule has 5 rings (SSSR count). The molecule has 4 aromatic rings. The van der Waals surface area contributed by atoms with Gasteiger partial charge in [-0.15, -0.1) is 0 Å². The van der Waals surface area contributed by atoms with Crippen molar-refractivity contribution < 1.29 is 14.3 Å². The second-order valence-corrected chi connectivity index (χ2v) is 10.1. The van der Waals surface area contributed by atoms with E-state index in [1.54, 1.807) is 14.2 Å². The fourth-order valence-corrected chi connectivity index (χ4v) is 5.20. The molecule has 2 N–H and O–H groups in total. The number of hydrogen-bond donors (Lipinski definition) is 2. The van der Waals surface area contributed by atoms with Crippen LogP contribution >= 0.6 is 0 Å². The van der Waals surface area contributed by atoms with Gasteiger partial charge in [0.15, 0.2) is 0 Å². The quantitative estimate of drug-likeness (QED) is 0.264. The zero-order chi connectivity index (χ0) is 28.9. The molecule has 2 aromatic carbocycles. The summed E-state index contributed by atoms with van der Waals surface area (Å²) in [5, 5.41) is 11.7. The Bertz CT molecular complexity index is 1550. The van der Waals surface area contributed by atoms with Gasteiger partial charge in [-0.05, 0) is 30.7 Å². The molecule has 1 aliphatic heterocycles. The summed E-state index contributed by atoms with van der Waals surface area (Å²) in [5.41, 5.74) is 4.93. The van der Waals surface area contributed by atoms with Gasteiger partial charge in [-0.3, -0.25) is 14.4 Å². The Labute approximate surface area is 239 Å². The Morgan fingerprint density at radius 3 is 2.83 bits per heavy atom. The van der Waals surface area contributed by atoms with Crippen LogP contribution in [0.1, 0.15) is 6.42 Å². The molecule has 2 aromatic heterocycles. The first-order chi connectivity index (χ1) is 19.9. The highest BCUT2D eigenvalue weighted by atomic mass is 16.5. The van der Waals surface area contributed by atoms with Crippen LogP contribution < -0.4 is 20.3 Å². The van der Waals surface area contributed by atoms with Gasteiger partial charge in [-0.1, -0.05) is 12.6 Å². The van der Waals surface area contributed by atoms with Crippen LogP contribution in [0.4, 0.5) is 22.9 Å². The van der Waals surface area contributed by atoms with Crippen molar-refractivity contribution in [3.05, 3.63) is 61.6 Å². The van der Waals surface area contributed by atoms with Gasteiger partial charge in [0, 0.05) is 70.0 Å². The number of anilines is 4. The molecule has 11 nitrogen and oxygen atoms in total. The molecule has 1 fully saturated rings. The van der Waals surface area contributed by atoms with E-state index >= 15 is 0 Å². The predicted octanol–water partition coefficient (Wildman–Crippen LogP) is 4.06. The number of nitrogens with zero attached hydrogens (tertiary/aromatic N) is 6. The van der Waals surface area contributed by atoms with Crippen LogP contribution in [0.15, 0.2) is 61.6 Å². The summed E-state index contributed by atoms with van der Waals surface area (Å²) in [6.07, 6.45) is 5.63. The lowest BCUT2D eigenvalue weighted by molar-refractivity contribution is -0.111. The zero-order valence-corrected chi connectivity index (χ0v) is 23.9. The van der Waals surface area contributed by atoms with E-state index in [4.69, 9.17) is 9.47 Å². The molecule has 1 amide bonds. The SMILES string of the molecule is C=CC(=O)Nc1cc(Nc2cc(-c3ccc4c(cnn4C)c3)ncn2)c(OC)cc1N(C)C1CCN(CCOC)C1. The van der Waals surface area contributed by atoms with Crippen molar-refractivity contribution in [2.75, 3.05) is 63.0 Å². The van der Waals surface area contributed by atoms with Crippen molar-refractivity contribution in [2.45, 2.75) is 12.5 Å². The molecule has 0 radical (unpaired) electrons. The lowest BCUT2D eigenvalue weighted by Gasteiger charge is -2.30. The van der Waals surface area contributed by atoms with E-state index in [-0.39, 0.29) is 11.9 Å². The van der Waals surface area contributed by atoms with E-state index in [9.17, 15) is 4.79 Å². The second kappa shape index (κ2) is 12.4. The minimum absolute atomic E-state index is 0.274. The molecular weight excluding hydrogens is 520 g/mol. The fraction of sp³-hybridized carbons (Fsp3) is 0.333. The summed E-state index contributed by atoms with van der Waals surface area (Å²) in [6, 6.07) is 12.1. The number of ether oxygens (including phenoxy) is 2. The number of benzene rings is 2. The monoisotopic (exact) mass is 556 g/mol. The predicted molar refractivity (Wildman–Crippen MR) is 162 cm³/mol. The Balaban J connectivity index is 1.44. The minimum atomic E-state index is -0.293. The van der Waals surface area contributed by atoms with E-state index in [1.165, 1.54) is 12.4 Å². The first kappa shape index (κ1) is 28.1. The average molecular weight is 557 g/mol. The third-order valence-corrected chi connectivity index (χ3v) is 7.52. The summed E-state index contributed by atoms with van der Waals surface area (Å²) in [4.78, 5) is 25.9. The van der Waals surface area contributed by atoms with Crippen LogP contribution in [-0.2, 0) is 16.6 Å². The number of aromatic nitrogens is 4. The van der Waals surface area contributed by atoms with Crippen molar-refractivity contribution in [3.8, 4) is 17.0 Å². The number of aryl methyl sites for hydroxylation is 1. The second-order valence-electron chi connectivity index (χ2n) is 10.1. The Morgan fingerprint density at radius 1 is 1.20 bits per heavy atom. The molecular formula is C30H36N8O3. The first-order valence-corrected chi connectivity index (χ1v) is 13.5. The van der Waals surface area contributed by atoms with Gasteiger partial charge in [-0.2, -0.15) is 5.10 Å². The third-order valence-electron chi connectivity index (χ3n) is 7.52. The van der Waals surface area contributed by atoms with E-state index in [0.29, 0.717) is 29.5 Å².